The van der Waals surface area contributed by atoms with Crippen molar-refractivity contribution in [2.45, 2.75) is 25.2 Å². The first-order valence-corrected chi connectivity index (χ1v) is 11.6. The van der Waals surface area contributed by atoms with Gasteiger partial charge in [-0.3, -0.25) is 16.3 Å². The number of anilines is 1. The van der Waals surface area contributed by atoms with Crippen LogP contribution in [0.5, 0.6) is 0 Å². The predicted octanol–water partition coefficient (Wildman–Crippen LogP) is 3.17. The summed E-state index contributed by atoms with van der Waals surface area (Å²) in [7, 11) is 1.81. The standard InChI is InChI=1S/C23H23ClN6O2S/c1-13-6-14(2)22(33(31)32)17(7-13)9-16-8-15(4-5-19(16)24)20-12-30(26)23(25)21(28-20)18-10-27-29(3)11-18/h4-8,10-12,25H,9,26H2,1-3H3,(H,31,32)/p+1. The second-order valence-electron chi connectivity index (χ2n) is 7.97. The molecule has 1 unspecified atom stereocenters. The molecule has 4 aromatic rings. The number of halogens is 1. The van der Waals surface area contributed by atoms with E-state index in [-0.39, 0.29) is 0 Å². The minimum absolute atomic E-state index is 0.311. The van der Waals surface area contributed by atoms with Crippen molar-refractivity contribution in [1.82, 2.24) is 14.8 Å². The Morgan fingerprint density at radius 1 is 1.18 bits per heavy atom. The van der Waals surface area contributed by atoms with Crippen molar-refractivity contribution in [3.05, 3.63) is 76.2 Å². The molecule has 0 aliphatic heterocycles. The Kier molecular flexibility index (Phi) is 6.20. The number of nitrogens with two attached hydrogens (primary N) is 2. The third-order valence-corrected chi connectivity index (χ3v) is 6.69. The summed E-state index contributed by atoms with van der Waals surface area (Å²) in [5, 5.41) is 4.74. The van der Waals surface area contributed by atoms with Crippen LogP contribution in [0.4, 0.5) is 5.82 Å². The summed E-state index contributed by atoms with van der Waals surface area (Å²) in [5.41, 5.74) is 12.2. The average molecular weight is 484 g/mol. The Hall–Kier alpha value is -3.27. The highest BCUT2D eigenvalue weighted by Gasteiger charge is 2.19. The van der Waals surface area contributed by atoms with Crippen LogP contribution < -0.4 is 16.3 Å². The zero-order valence-electron chi connectivity index (χ0n) is 18.4. The van der Waals surface area contributed by atoms with Gasteiger partial charge in [0.1, 0.15) is 11.9 Å². The number of benzene rings is 2. The Bertz CT molecular complexity index is 1400. The van der Waals surface area contributed by atoms with Gasteiger partial charge in [0.15, 0.2) is 16.8 Å². The first-order chi connectivity index (χ1) is 15.6. The van der Waals surface area contributed by atoms with E-state index >= 15 is 0 Å². The Labute approximate surface area is 199 Å². The van der Waals surface area contributed by atoms with Gasteiger partial charge in [0.2, 0.25) is 0 Å². The van der Waals surface area contributed by atoms with E-state index in [0.717, 1.165) is 33.4 Å². The lowest BCUT2D eigenvalue weighted by atomic mass is 9.98. The minimum Gasteiger partial charge on any atom is -0.302 e. The summed E-state index contributed by atoms with van der Waals surface area (Å²) >= 11 is 4.40. The number of nitrogen functional groups attached to an aromatic ring is 2. The lowest BCUT2D eigenvalue weighted by molar-refractivity contribution is -0.623. The summed E-state index contributed by atoms with van der Waals surface area (Å²) in [6.07, 6.45) is 5.52. The highest BCUT2D eigenvalue weighted by Crippen LogP contribution is 2.30. The molecule has 0 spiro atoms. The zero-order chi connectivity index (χ0) is 23.9. The van der Waals surface area contributed by atoms with Gasteiger partial charge in [-0.25, -0.2) is 9.19 Å². The van der Waals surface area contributed by atoms with Gasteiger partial charge in [-0.15, -0.1) is 4.68 Å². The van der Waals surface area contributed by atoms with Crippen LogP contribution in [0, 0.1) is 13.8 Å². The molecular formula is C23H24ClN6O2S+. The van der Waals surface area contributed by atoms with Crippen LogP contribution in [0.1, 0.15) is 22.3 Å². The van der Waals surface area contributed by atoms with Gasteiger partial charge in [-0.1, -0.05) is 35.4 Å². The van der Waals surface area contributed by atoms with Crippen LogP contribution in [-0.4, -0.2) is 23.5 Å². The summed E-state index contributed by atoms with van der Waals surface area (Å²) in [6.45, 7) is 3.78. The first kappa shape index (κ1) is 22.9. The van der Waals surface area contributed by atoms with Crippen molar-refractivity contribution in [1.29, 1.82) is 0 Å². The topological polar surface area (TPSA) is 124 Å². The molecule has 2 aromatic carbocycles. The number of nitrogens with zero attached hydrogens (tertiary/aromatic N) is 4. The molecule has 170 valence electrons. The molecule has 0 bridgehead atoms. The molecule has 2 aromatic heterocycles. The fourth-order valence-corrected chi connectivity index (χ4v) is 4.80. The van der Waals surface area contributed by atoms with Crippen molar-refractivity contribution >= 4 is 28.5 Å². The van der Waals surface area contributed by atoms with Crippen molar-refractivity contribution in [3.8, 4) is 22.5 Å². The number of rotatable bonds is 5. The lowest BCUT2D eigenvalue weighted by Crippen LogP contribution is -2.47. The number of hydrogen-bond acceptors (Lipinski definition) is 5. The number of aryl methyl sites for hydroxylation is 3. The average Bonchev–Trinajstić information content (AvgIpc) is 3.16. The monoisotopic (exact) mass is 483 g/mol. The van der Waals surface area contributed by atoms with Crippen LogP contribution in [-0.2, 0) is 24.5 Å². The Morgan fingerprint density at radius 3 is 2.61 bits per heavy atom. The molecule has 0 aliphatic rings. The summed E-state index contributed by atoms with van der Waals surface area (Å²) in [4.78, 5) is 5.14. The van der Waals surface area contributed by atoms with Crippen LogP contribution in [0.3, 0.4) is 0 Å². The highest BCUT2D eigenvalue weighted by atomic mass is 35.5. The Balaban J connectivity index is 1.80. The van der Waals surface area contributed by atoms with Gasteiger partial charge in [0, 0.05) is 35.8 Å². The maximum atomic E-state index is 12.0. The van der Waals surface area contributed by atoms with Crippen LogP contribution in [0.15, 0.2) is 53.8 Å². The van der Waals surface area contributed by atoms with Crippen molar-refractivity contribution in [2.75, 3.05) is 11.6 Å². The van der Waals surface area contributed by atoms with Gasteiger partial charge in [-0.05, 0) is 42.7 Å². The summed E-state index contributed by atoms with van der Waals surface area (Å²) in [6, 6.07) is 9.35. The molecule has 0 saturated carbocycles. The van der Waals surface area contributed by atoms with E-state index in [2.05, 4.69) is 5.10 Å². The van der Waals surface area contributed by atoms with Crippen molar-refractivity contribution in [2.24, 2.45) is 7.05 Å². The maximum absolute atomic E-state index is 12.0. The molecule has 1 atom stereocenters. The van der Waals surface area contributed by atoms with Crippen LogP contribution in [0.2, 0.25) is 5.02 Å². The van der Waals surface area contributed by atoms with Gasteiger partial charge < -0.3 is 4.55 Å². The lowest BCUT2D eigenvalue weighted by Gasteiger charge is -2.13. The molecule has 5 N–H and O–H groups in total. The molecule has 0 amide bonds. The zero-order valence-corrected chi connectivity index (χ0v) is 20.0. The predicted molar refractivity (Wildman–Crippen MR) is 129 cm³/mol. The molecule has 2 heterocycles. The smallest absolute Gasteiger partial charge is 0.302 e. The molecule has 0 aliphatic carbocycles. The van der Waals surface area contributed by atoms with E-state index in [1.165, 1.54) is 4.68 Å². The first-order valence-electron chi connectivity index (χ1n) is 10.1. The van der Waals surface area contributed by atoms with E-state index in [1.807, 2.05) is 51.4 Å². The Morgan fingerprint density at radius 2 is 1.94 bits per heavy atom. The molecule has 4 rings (SSSR count). The van der Waals surface area contributed by atoms with E-state index in [9.17, 15) is 8.76 Å². The second kappa shape index (κ2) is 8.93. The summed E-state index contributed by atoms with van der Waals surface area (Å²) in [5.74, 6) is 6.43. The molecule has 33 heavy (non-hydrogen) atoms. The molecule has 0 radical (unpaired) electrons. The normalized spacial score (nSPS) is 12.2. The van der Waals surface area contributed by atoms with Gasteiger partial charge in [-0.2, -0.15) is 5.10 Å². The minimum atomic E-state index is -2.11. The van der Waals surface area contributed by atoms with E-state index in [4.69, 9.17) is 28.2 Å². The van der Waals surface area contributed by atoms with E-state index in [1.54, 1.807) is 23.1 Å². The van der Waals surface area contributed by atoms with Crippen molar-refractivity contribution < 1.29 is 13.4 Å². The third-order valence-electron chi connectivity index (χ3n) is 5.39. The van der Waals surface area contributed by atoms with E-state index in [0.29, 0.717) is 33.5 Å². The molecule has 10 heteroatoms. The quantitative estimate of drug-likeness (QED) is 0.227. The van der Waals surface area contributed by atoms with Gasteiger partial charge in [0.25, 0.3) is 0 Å². The largest absolute Gasteiger partial charge is 0.322 e. The van der Waals surface area contributed by atoms with Crippen LogP contribution >= 0.6 is 11.6 Å². The van der Waals surface area contributed by atoms with E-state index < -0.39 is 11.1 Å². The number of hydrogen-bond donors (Lipinski definition) is 3. The molecule has 8 nitrogen and oxygen atoms in total. The van der Waals surface area contributed by atoms with Crippen LogP contribution in [0.25, 0.3) is 22.5 Å². The third kappa shape index (κ3) is 4.61. The molecular weight excluding hydrogens is 460 g/mol. The maximum Gasteiger partial charge on any atom is 0.322 e. The SMILES string of the molecule is Cc1cc(C)c(S(=O)O)c(Cc2cc(-c3c[n+](N)c(N)c(-c4cnn(C)c4)n3)ccc2Cl)c1. The fraction of sp³-hybridized carbons (Fsp3) is 0.174. The molecule has 0 saturated heterocycles. The number of aromatic nitrogens is 4. The fourth-order valence-electron chi connectivity index (χ4n) is 3.92. The molecule has 0 fully saturated rings. The summed E-state index contributed by atoms with van der Waals surface area (Å²) < 4.78 is 24.8. The van der Waals surface area contributed by atoms with Gasteiger partial charge >= 0.3 is 5.82 Å². The van der Waals surface area contributed by atoms with Crippen molar-refractivity contribution in [3.63, 3.8) is 0 Å². The second-order valence-corrected chi connectivity index (χ2v) is 9.29. The van der Waals surface area contributed by atoms with Gasteiger partial charge in [0.05, 0.1) is 11.1 Å². The highest BCUT2D eigenvalue weighted by molar-refractivity contribution is 7.79.